The van der Waals surface area contributed by atoms with Gasteiger partial charge in [-0.05, 0) is 126 Å². The van der Waals surface area contributed by atoms with Crippen LogP contribution in [-0.4, -0.2) is 0 Å². The van der Waals surface area contributed by atoms with Gasteiger partial charge in [-0.15, -0.1) is 11.3 Å². The highest BCUT2D eigenvalue weighted by molar-refractivity contribution is 7.26. The Morgan fingerprint density at radius 3 is 1.67 bits per heavy atom. The van der Waals surface area contributed by atoms with Crippen LogP contribution in [-0.2, 0) is 10.8 Å². The second-order valence-corrected chi connectivity index (χ2v) is 20.3. The molecule has 0 N–H and O–H groups in total. The number of fused-ring (bicyclic) bond motifs is 11. The standard InChI is InChI=1S/C64H47NS/c1-63(2)55-23-10-7-18-50(55)52-37-32-43(39-57(52)63)46-16-9-12-25-58(46)65(45-35-29-42(30-36-45)48-21-13-22-53-51-19-8-11-24-56(51)64(3,4)61(48)53)44-33-27-41(28-34-44)47-20-14-26-59-60(47)54-38-31-40-15-5-6-17-49(40)62(54)66-59/h5-39H,1-4H3. The largest absolute Gasteiger partial charge is 0.310 e. The molecule has 2 aliphatic rings. The van der Waals surface area contributed by atoms with Crippen LogP contribution in [0.15, 0.2) is 212 Å². The van der Waals surface area contributed by atoms with Gasteiger partial charge in [-0.1, -0.05) is 198 Å². The fourth-order valence-corrected chi connectivity index (χ4v) is 12.9. The van der Waals surface area contributed by atoms with Crippen LogP contribution in [0.25, 0.3) is 86.6 Å². The van der Waals surface area contributed by atoms with Gasteiger partial charge in [0.15, 0.2) is 0 Å². The van der Waals surface area contributed by atoms with Crippen molar-refractivity contribution in [3.8, 4) is 55.6 Å². The summed E-state index contributed by atoms with van der Waals surface area (Å²) in [6.45, 7) is 9.48. The van der Waals surface area contributed by atoms with E-state index in [0.29, 0.717) is 0 Å². The fraction of sp³-hybridized carbons (Fsp3) is 0.0938. The first-order chi connectivity index (χ1) is 32.3. The molecule has 0 saturated heterocycles. The van der Waals surface area contributed by atoms with Crippen LogP contribution in [0, 0.1) is 0 Å². The minimum atomic E-state index is -0.104. The van der Waals surface area contributed by atoms with Crippen LogP contribution in [0.2, 0.25) is 0 Å². The molecular weight excluding hydrogens is 815 g/mol. The van der Waals surface area contributed by atoms with Gasteiger partial charge in [0.05, 0.1) is 5.69 Å². The van der Waals surface area contributed by atoms with Crippen LogP contribution < -0.4 is 4.90 Å². The molecule has 13 rings (SSSR count). The first-order valence-electron chi connectivity index (χ1n) is 23.2. The van der Waals surface area contributed by atoms with E-state index < -0.39 is 0 Å². The predicted molar refractivity (Wildman–Crippen MR) is 283 cm³/mol. The monoisotopic (exact) mass is 861 g/mol. The van der Waals surface area contributed by atoms with E-state index in [0.717, 1.165) is 17.1 Å². The van der Waals surface area contributed by atoms with Crippen molar-refractivity contribution >= 4 is 59.3 Å². The van der Waals surface area contributed by atoms with Gasteiger partial charge in [-0.25, -0.2) is 0 Å². The molecule has 1 heterocycles. The van der Waals surface area contributed by atoms with E-state index in [9.17, 15) is 0 Å². The molecule has 0 radical (unpaired) electrons. The number of benzene rings is 10. The molecule has 0 amide bonds. The maximum atomic E-state index is 2.46. The number of nitrogens with zero attached hydrogens (tertiary/aromatic N) is 1. The van der Waals surface area contributed by atoms with Crippen molar-refractivity contribution in [1.29, 1.82) is 0 Å². The second-order valence-electron chi connectivity index (χ2n) is 19.2. The van der Waals surface area contributed by atoms with Crippen LogP contribution >= 0.6 is 11.3 Å². The Morgan fingerprint density at radius 2 is 0.909 bits per heavy atom. The van der Waals surface area contributed by atoms with Crippen molar-refractivity contribution in [2.24, 2.45) is 0 Å². The zero-order valence-electron chi connectivity index (χ0n) is 37.6. The minimum absolute atomic E-state index is 0.0977. The number of hydrogen-bond donors (Lipinski definition) is 0. The highest BCUT2D eigenvalue weighted by atomic mass is 32.1. The second kappa shape index (κ2) is 14.5. The molecule has 10 aromatic carbocycles. The first-order valence-corrected chi connectivity index (χ1v) is 24.0. The summed E-state index contributed by atoms with van der Waals surface area (Å²) in [7, 11) is 0. The van der Waals surface area contributed by atoms with Gasteiger partial charge in [0, 0.05) is 47.9 Å². The summed E-state index contributed by atoms with van der Waals surface area (Å²) in [5.74, 6) is 0. The summed E-state index contributed by atoms with van der Waals surface area (Å²) < 4.78 is 2.67. The Morgan fingerprint density at radius 1 is 0.364 bits per heavy atom. The molecule has 66 heavy (non-hydrogen) atoms. The molecule has 0 atom stereocenters. The predicted octanol–water partition coefficient (Wildman–Crippen LogP) is 18.3. The maximum Gasteiger partial charge on any atom is 0.0540 e. The van der Waals surface area contributed by atoms with E-state index in [1.807, 2.05) is 11.3 Å². The Labute approximate surface area is 390 Å². The molecule has 2 aliphatic carbocycles. The molecule has 0 fully saturated rings. The topological polar surface area (TPSA) is 3.24 Å². The molecule has 0 aliphatic heterocycles. The lowest BCUT2D eigenvalue weighted by molar-refractivity contribution is 0.660. The SMILES string of the molecule is CC1(C)c2ccccc2-c2ccc(-c3ccccc3N(c3ccc(-c4cccc5c4C(C)(C)c4ccccc4-5)cc3)c3ccc(-c4cccc5sc6c7ccccc7ccc6c45)cc3)cc21. The molecule has 0 spiro atoms. The number of thiophene rings is 1. The lowest BCUT2D eigenvalue weighted by Gasteiger charge is -2.29. The third kappa shape index (κ3) is 5.71. The van der Waals surface area contributed by atoms with E-state index in [4.69, 9.17) is 0 Å². The molecule has 11 aromatic rings. The normalized spacial score (nSPS) is 14.0. The van der Waals surface area contributed by atoms with Crippen molar-refractivity contribution < 1.29 is 0 Å². The molecule has 1 nitrogen and oxygen atoms in total. The number of anilines is 3. The van der Waals surface area contributed by atoms with Gasteiger partial charge in [0.1, 0.15) is 0 Å². The summed E-state index contributed by atoms with van der Waals surface area (Å²) in [6.07, 6.45) is 0. The van der Waals surface area contributed by atoms with Crippen molar-refractivity contribution in [1.82, 2.24) is 0 Å². The average Bonchev–Trinajstić information content (AvgIpc) is 3.95. The summed E-state index contributed by atoms with van der Waals surface area (Å²) in [5.41, 5.74) is 21.5. The summed E-state index contributed by atoms with van der Waals surface area (Å²) >= 11 is 1.90. The van der Waals surface area contributed by atoms with E-state index >= 15 is 0 Å². The lowest BCUT2D eigenvalue weighted by atomic mass is 9.79. The Kier molecular flexibility index (Phi) is 8.54. The highest BCUT2D eigenvalue weighted by Crippen LogP contribution is 2.54. The fourth-order valence-electron chi connectivity index (χ4n) is 11.7. The zero-order valence-corrected chi connectivity index (χ0v) is 38.4. The minimum Gasteiger partial charge on any atom is -0.310 e. The van der Waals surface area contributed by atoms with Crippen LogP contribution in [0.1, 0.15) is 49.9 Å². The summed E-state index contributed by atoms with van der Waals surface area (Å²) in [6, 6.07) is 79.4. The Hall–Kier alpha value is -7.52. The summed E-state index contributed by atoms with van der Waals surface area (Å²) in [5, 5.41) is 5.25. The molecular formula is C64H47NS. The highest BCUT2D eigenvalue weighted by Gasteiger charge is 2.38. The Bertz CT molecular complexity index is 3750. The average molecular weight is 862 g/mol. The smallest absolute Gasteiger partial charge is 0.0540 e. The number of rotatable bonds is 6. The van der Waals surface area contributed by atoms with E-state index in [2.05, 4.69) is 245 Å². The van der Waals surface area contributed by atoms with Crippen LogP contribution in [0.5, 0.6) is 0 Å². The molecule has 2 heteroatoms. The molecule has 0 unspecified atom stereocenters. The first kappa shape index (κ1) is 38.9. The van der Waals surface area contributed by atoms with E-state index in [1.54, 1.807) is 0 Å². The Balaban J connectivity index is 0.952. The van der Waals surface area contributed by atoms with E-state index in [-0.39, 0.29) is 10.8 Å². The molecule has 314 valence electrons. The van der Waals surface area contributed by atoms with Gasteiger partial charge < -0.3 is 4.90 Å². The lowest BCUT2D eigenvalue weighted by Crippen LogP contribution is -2.16. The van der Waals surface area contributed by atoms with Crippen molar-refractivity contribution in [3.05, 3.63) is 235 Å². The molecule has 0 bridgehead atoms. The van der Waals surface area contributed by atoms with Crippen LogP contribution in [0.4, 0.5) is 17.1 Å². The van der Waals surface area contributed by atoms with Gasteiger partial charge in [0.2, 0.25) is 0 Å². The van der Waals surface area contributed by atoms with Crippen LogP contribution in [0.3, 0.4) is 0 Å². The van der Waals surface area contributed by atoms with Gasteiger partial charge in [-0.3, -0.25) is 0 Å². The third-order valence-electron chi connectivity index (χ3n) is 14.9. The van der Waals surface area contributed by atoms with Gasteiger partial charge >= 0.3 is 0 Å². The molecule has 1 aromatic heterocycles. The zero-order chi connectivity index (χ0) is 44.3. The number of hydrogen-bond acceptors (Lipinski definition) is 2. The van der Waals surface area contributed by atoms with Crippen molar-refractivity contribution in [3.63, 3.8) is 0 Å². The van der Waals surface area contributed by atoms with Crippen molar-refractivity contribution in [2.75, 3.05) is 4.90 Å². The van der Waals surface area contributed by atoms with Gasteiger partial charge in [-0.2, -0.15) is 0 Å². The third-order valence-corrected chi connectivity index (χ3v) is 16.1. The van der Waals surface area contributed by atoms with E-state index in [1.165, 1.54) is 109 Å². The quantitative estimate of drug-likeness (QED) is 0.161. The van der Waals surface area contributed by atoms with Gasteiger partial charge in [0.25, 0.3) is 0 Å². The molecule has 0 saturated carbocycles. The van der Waals surface area contributed by atoms with Crippen molar-refractivity contribution in [2.45, 2.75) is 38.5 Å². The maximum absolute atomic E-state index is 2.46. The number of para-hydroxylation sites is 1. The summed E-state index contributed by atoms with van der Waals surface area (Å²) in [4.78, 5) is 2.46.